The molecule has 0 unspecified atom stereocenters. The topological polar surface area (TPSA) is 101 Å². The van der Waals surface area contributed by atoms with E-state index in [1.54, 1.807) is 7.11 Å². The first-order valence-corrected chi connectivity index (χ1v) is 6.87. The van der Waals surface area contributed by atoms with E-state index in [-0.39, 0.29) is 23.8 Å². The fraction of sp³-hybridized carbons (Fsp3) is 0.571. The van der Waals surface area contributed by atoms with Crippen molar-refractivity contribution >= 4 is 12.0 Å². The molecule has 116 valence electrons. The average molecular weight is 296 g/mol. The molecule has 1 aromatic rings. The SMILES string of the molecule is COCCC1(CNC(=O)NCc2ccc(C(=O)O)o2)CC1. The number of amides is 2. The smallest absolute Gasteiger partial charge is 0.371 e. The number of nitrogens with one attached hydrogen (secondary N) is 2. The van der Waals surface area contributed by atoms with E-state index in [9.17, 15) is 9.59 Å². The molecule has 0 aromatic carbocycles. The second-order valence-corrected chi connectivity index (χ2v) is 5.35. The van der Waals surface area contributed by atoms with E-state index in [2.05, 4.69) is 10.6 Å². The van der Waals surface area contributed by atoms with Crippen LogP contribution in [0.2, 0.25) is 0 Å². The van der Waals surface area contributed by atoms with Gasteiger partial charge in [-0.25, -0.2) is 9.59 Å². The lowest BCUT2D eigenvalue weighted by molar-refractivity contribution is 0.0660. The van der Waals surface area contributed by atoms with E-state index in [0.29, 0.717) is 18.9 Å². The van der Waals surface area contributed by atoms with Gasteiger partial charge in [-0.3, -0.25) is 0 Å². The number of carbonyl (C=O) groups is 2. The van der Waals surface area contributed by atoms with Crippen molar-refractivity contribution in [2.45, 2.75) is 25.8 Å². The average Bonchev–Trinajstić information content (AvgIpc) is 3.07. The number of aromatic carboxylic acids is 1. The molecule has 1 aliphatic carbocycles. The molecule has 2 rings (SSSR count). The lowest BCUT2D eigenvalue weighted by atomic mass is 10.0. The Bertz CT molecular complexity index is 507. The molecule has 21 heavy (non-hydrogen) atoms. The molecular formula is C14H20N2O5. The third kappa shape index (κ3) is 4.49. The maximum Gasteiger partial charge on any atom is 0.371 e. The summed E-state index contributed by atoms with van der Waals surface area (Å²) in [7, 11) is 1.67. The minimum Gasteiger partial charge on any atom is -0.475 e. The van der Waals surface area contributed by atoms with Gasteiger partial charge in [0.15, 0.2) is 0 Å². The number of carboxylic acid groups (broad SMARTS) is 1. The first-order valence-electron chi connectivity index (χ1n) is 6.87. The van der Waals surface area contributed by atoms with Gasteiger partial charge in [-0.05, 0) is 36.8 Å². The number of hydrogen-bond acceptors (Lipinski definition) is 4. The zero-order valence-electron chi connectivity index (χ0n) is 12.0. The summed E-state index contributed by atoms with van der Waals surface area (Å²) in [6.45, 7) is 1.48. The summed E-state index contributed by atoms with van der Waals surface area (Å²) in [6, 6.07) is 2.61. The summed E-state index contributed by atoms with van der Waals surface area (Å²) in [5, 5.41) is 14.2. The standard InChI is InChI=1S/C14H20N2O5/c1-20-7-6-14(4-5-14)9-16-13(19)15-8-10-2-3-11(21-10)12(17)18/h2-3H,4-9H2,1H3,(H,17,18)(H2,15,16,19). The second-order valence-electron chi connectivity index (χ2n) is 5.35. The van der Waals surface area contributed by atoms with Gasteiger partial charge >= 0.3 is 12.0 Å². The summed E-state index contributed by atoms with van der Waals surface area (Å²) in [5.74, 6) is -0.855. The molecule has 0 radical (unpaired) electrons. The molecule has 0 bridgehead atoms. The predicted molar refractivity (Wildman–Crippen MR) is 74.1 cm³/mol. The van der Waals surface area contributed by atoms with Gasteiger partial charge in [-0.2, -0.15) is 0 Å². The Morgan fingerprint density at radius 2 is 2.14 bits per heavy atom. The highest BCUT2D eigenvalue weighted by atomic mass is 16.5. The molecule has 0 atom stereocenters. The Labute approximate surface area is 122 Å². The number of carboxylic acids is 1. The highest BCUT2D eigenvalue weighted by Gasteiger charge is 2.42. The number of ether oxygens (including phenoxy) is 1. The van der Waals surface area contributed by atoms with Crippen LogP contribution in [-0.4, -0.2) is 37.4 Å². The number of urea groups is 1. The Kier molecular flexibility index (Phi) is 4.85. The van der Waals surface area contributed by atoms with Crippen LogP contribution in [-0.2, 0) is 11.3 Å². The monoisotopic (exact) mass is 296 g/mol. The lowest BCUT2D eigenvalue weighted by Crippen LogP contribution is -2.38. The molecule has 1 heterocycles. The Morgan fingerprint density at radius 1 is 1.38 bits per heavy atom. The Morgan fingerprint density at radius 3 is 2.71 bits per heavy atom. The van der Waals surface area contributed by atoms with Crippen LogP contribution >= 0.6 is 0 Å². The number of rotatable bonds is 8. The summed E-state index contributed by atoms with van der Waals surface area (Å²) in [5.41, 5.74) is 0.189. The van der Waals surface area contributed by atoms with E-state index < -0.39 is 5.97 Å². The summed E-state index contributed by atoms with van der Waals surface area (Å²) in [4.78, 5) is 22.3. The fourth-order valence-corrected chi connectivity index (χ4v) is 2.10. The van der Waals surface area contributed by atoms with Crippen LogP contribution in [0.5, 0.6) is 0 Å². The van der Waals surface area contributed by atoms with Crippen LogP contribution in [0.3, 0.4) is 0 Å². The molecule has 0 aliphatic heterocycles. The quantitative estimate of drug-likeness (QED) is 0.676. The molecular weight excluding hydrogens is 276 g/mol. The molecule has 3 N–H and O–H groups in total. The van der Waals surface area contributed by atoms with Crippen molar-refractivity contribution in [2.75, 3.05) is 20.3 Å². The van der Waals surface area contributed by atoms with Gasteiger partial charge < -0.3 is 24.9 Å². The molecule has 0 spiro atoms. The largest absolute Gasteiger partial charge is 0.475 e. The van der Waals surface area contributed by atoms with Crippen LogP contribution in [0.15, 0.2) is 16.5 Å². The van der Waals surface area contributed by atoms with E-state index in [1.165, 1.54) is 12.1 Å². The van der Waals surface area contributed by atoms with E-state index in [4.69, 9.17) is 14.3 Å². The predicted octanol–water partition coefficient (Wildman–Crippen LogP) is 1.59. The van der Waals surface area contributed by atoms with Crippen molar-refractivity contribution in [3.05, 3.63) is 23.7 Å². The van der Waals surface area contributed by atoms with Crippen molar-refractivity contribution in [3.8, 4) is 0 Å². The Balaban J connectivity index is 1.69. The van der Waals surface area contributed by atoms with Crippen LogP contribution in [0.1, 0.15) is 35.6 Å². The summed E-state index contributed by atoms with van der Waals surface area (Å²) < 4.78 is 10.1. The van der Waals surface area contributed by atoms with Crippen LogP contribution in [0.25, 0.3) is 0 Å². The molecule has 0 saturated heterocycles. The van der Waals surface area contributed by atoms with Gasteiger partial charge in [0, 0.05) is 20.3 Å². The maximum atomic E-state index is 11.7. The van der Waals surface area contributed by atoms with Gasteiger partial charge in [0.2, 0.25) is 5.76 Å². The number of methoxy groups -OCH3 is 1. The molecule has 1 aromatic heterocycles. The molecule has 1 fully saturated rings. The van der Waals surface area contributed by atoms with E-state index in [1.807, 2.05) is 0 Å². The zero-order valence-corrected chi connectivity index (χ0v) is 12.0. The summed E-state index contributed by atoms with van der Waals surface area (Å²) in [6.07, 6.45) is 3.16. The second kappa shape index (κ2) is 6.62. The molecule has 1 saturated carbocycles. The molecule has 7 heteroatoms. The minimum absolute atomic E-state index is 0.135. The summed E-state index contributed by atoms with van der Waals surface area (Å²) >= 11 is 0. The fourth-order valence-electron chi connectivity index (χ4n) is 2.10. The van der Waals surface area contributed by atoms with Crippen molar-refractivity contribution in [1.29, 1.82) is 0 Å². The minimum atomic E-state index is -1.13. The van der Waals surface area contributed by atoms with Gasteiger partial charge in [0.05, 0.1) is 6.54 Å². The Hall–Kier alpha value is -2.02. The number of hydrogen-bond donors (Lipinski definition) is 3. The zero-order chi connectivity index (χ0) is 15.3. The molecule has 7 nitrogen and oxygen atoms in total. The lowest BCUT2D eigenvalue weighted by Gasteiger charge is -2.15. The van der Waals surface area contributed by atoms with E-state index >= 15 is 0 Å². The van der Waals surface area contributed by atoms with Gasteiger partial charge in [0.1, 0.15) is 5.76 Å². The number of carbonyl (C=O) groups excluding carboxylic acids is 1. The molecule has 1 aliphatic rings. The normalized spacial score (nSPS) is 15.5. The highest BCUT2D eigenvalue weighted by molar-refractivity contribution is 5.84. The number of furan rings is 1. The maximum absolute atomic E-state index is 11.7. The van der Waals surface area contributed by atoms with Crippen LogP contribution < -0.4 is 10.6 Å². The van der Waals surface area contributed by atoms with Gasteiger partial charge in [-0.1, -0.05) is 0 Å². The van der Waals surface area contributed by atoms with Crippen LogP contribution in [0.4, 0.5) is 4.79 Å². The highest BCUT2D eigenvalue weighted by Crippen LogP contribution is 2.48. The third-order valence-electron chi connectivity index (χ3n) is 3.71. The molecule has 2 amide bonds. The van der Waals surface area contributed by atoms with Crippen molar-refractivity contribution in [2.24, 2.45) is 5.41 Å². The van der Waals surface area contributed by atoms with Gasteiger partial charge in [0.25, 0.3) is 0 Å². The van der Waals surface area contributed by atoms with Crippen molar-refractivity contribution in [3.63, 3.8) is 0 Å². The van der Waals surface area contributed by atoms with E-state index in [0.717, 1.165) is 19.3 Å². The van der Waals surface area contributed by atoms with Crippen molar-refractivity contribution in [1.82, 2.24) is 10.6 Å². The van der Waals surface area contributed by atoms with Gasteiger partial charge in [-0.15, -0.1) is 0 Å². The van der Waals surface area contributed by atoms with Crippen LogP contribution in [0, 0.1) is 5.41 Å². The first-order chi connectivity index (χ1) is 10.0. The first kappa shape index (κ1) is 15.4. The third-order valence-corrected chi connectivity index (χ3v) is 3.71. The van der Waals surface area contributed by atoms with Crippen molar-refractivity contribution < 1.29 is 23.8 Å².